The highest BCUT2D eigenvalue weighted by Gasteiger charge is 2.27. The molecule has 7 nitrogen and oxygen atoms in total. The molecule has 0 radical (unpaired) electrons. The monoisotopic (exact) mass is 388 g/mol. The van der Waals surface area contributed by atoms with Crippen LogP contribution in [-0.2, 0) is 19.9 Å². The Labute approximate surface area is 149 Å². The molecule has 0 spiro atoms. The van der Waals surface area contributed by atoms with Gasteiger partial charge in [0, 0.05) is 26.2 Å². The molecule has 1 aliphatic heterocycles. The minimum absolute atomic E-state index is 0.0707. The number of nitrogens with zero attached hydrogens (tertiary/aromatic N) is 1. The molecule has 1 amide bonds. The molecule has 1 fully saturated rings. The number of nitrogens with one attached hydrogen (secondary N) is 1. The Kier molecular flexibility index (Phi) is 6.23. The number of carbonyl (C=O) groups excluding carboxylic acids is 1. The number of sulfonamides is 1. The van der Waals surface area contributed by atoms with Crippen molar-refractivity contribution < 1.29 is 21.6 Å². The van der Waals surface area contributed by atoms with Gasteiger partial charge in [-0.2, -0.15) is 0 Å². The van der Waals surface area contributed by atoms with Gasteiger partial charge in [-0.05, 0) is 43.4 Å². The highest BCUT2D eigenvalue weighted by atomic mass is 32.2. The molecule has 1 unspecified atom stereocenters. The second kappa shape index (κ2) is 7.84. The van der Waals surface area contributed by atoms with E-state index < -0.39 is 19.9 Å². The van der Waals surface area contributed by atoms with Gasteiger partial charge in [-0.25, -0.2) is 21.1 Å². The molecule has 1 aliphatic rings. The summed E-state index contributed by atoms with van der Waals surface area (Å²) >= 11 is 0. The molecule has 1 aromatic carbocycles. The lowest BCUT2D eigenvalue weighted by molar-refractivity contribution is 0.0952. The van der Waals surface area contributed by atoms with E-state index in [1.807, 2.05) is 0 Å². The molecule has 2 rings (SSSR count). The lowest BCUT2D eigenvalue weighted by Crippen LogP contribution is -2.26. The second-order valence-electron chi connectivity index (χ2n) is 6.48. The Balaban J connectivity index is 1.87. The molecule has 1 saturated heterocycles. The lowest BCUT2D eigenvalue weighted by atomic mass is 10.0. The van der Waals surface area contributed by atoms with Gasteiger partial charge in [0.25, 0.3) is 5.91 Å². The van der Waals surface area contributed by atoms with Crippen molar-refractivity contribution in [2.75, 3.05) is 32.1 Å². The van der Waals surface area contributed by atoms with Crippen molar-refractivity contribution in [3.63, 3.8) is 0 Å². The van der Waals surface area contributed by atoms with E-state index in [0.717, 1.165) is 10.7 Å². The summed E-state index contributed by atoms with van der Waals surface area (Å²) in [6.07, 6.45) is 2.15. The Hall–Kier alpha value is -1.45. The first-order valence-electron chi connectivity index (χ1n) is 8.13. The van der Waals surface area contributed by atoms with Crippen LogP contribution in [-0.4, -0.2) is 59.2 Å². The van der Waals surface area contributed by atoms with Crippen molar-refractivity contribution in [3.8, 4) is 0 Å². The summed E-state index contributed by atoms with van der Waals surface area (Å²) in [5.41, 5.74) is 0.284. The SMILES string of the molecule is CN(C)S(=O)(=O)c1cccc(C(=O)NCCCC2CCS(=O)(=O)C2)c1. The standard InChI is InChI=1S/C16H24N2O5S2/c1-18(2)25(22,23)15-7-3-6-14(11-15)16(19)17-9-4-5-13-8-10-24(20,21)12-13/h3,6-7,11,13H,4-5,8-10,12H2,1-2H3,(H,17,19). The van der Waals surface area contributed by atoms with E-state index in [9.17, 15) is 21.6 Å². The molecule has 1 atom stereocenters. The van der Waals surface area contributed by atoms with Crippen LogP contribution in [0.4, 0.5) is 0 Å². The maximum atomic E-state index is 12.2. The molecule has 1 heterocycles. The molecular weight excluding hydrogens is 364 g/mol. The van der Waals surface area contributed by atoms with Gasteiger partial charge in [-0.3, -0.25) is 4.79 Å². The molecule has 25 heavy (non-hydrogen) atoms. The first kappa shape index (κ1) is 19.9. The Morgan fingerprint density at radius 2 is 2.04 bits per heavy atom. The fourth-order valence-electron chi connectivity index (χ4n) is 2.80. The minimum atomic E-state index is -3.58. The number of benzene rings is 1. The van der Waals surface area contributed by atoms with Gasteiger partial charge in [0.05, 0.1) is 16.4 Å². The van der Waals surface area contributed by atoms with E-state index in [-0.39, 0.29) is 33.8 Å². The van der Waals surface area contributed by atoms with Crippen molar-refractivity contribution in [1.29, 1.82) is 0 Å². The fourth-order valence-corrected chi connectivity index (χ4v) is 5.66. The summed E-state index contributed by atoms with van der Waals surface area (Å²) in [6.45, 7) is 0.431. The van der Waals surface area contributed by atoms with Gasteiger partial charge in [0.1, 0.15) is 0 Å². The number of amides is 1. The Morgan fingerprint density at radius 1 is 1.32 bits per heavy atom. The van der Waals surface area contributed by atoms with Gasteiger partial charge in [-0.15, -0.1) is 0 Å². The van der Waals surface area contributed by atoms with Crippen molar-refractivity contribution in [1.82, 2.24) is 9.62 Å². The number of sulfone groups is 1. The third-order valence-electron chi connectivity index (χ3n) is 4.28. The quantitative estimate of drug-likeness (QED) is 0.699. The zero-order valence-corrected chi connectivity index (χ0v) is 16.1. The molecule has 1 aromatic rings. The summed E-state index contributed by atoms with van der Waals surface area (Å²) < 4.78 is 48.1. The molecule has 0 aliphatic carbocycles. The topological polar surface area (TPSA) is 101 Å². The normalized spacial score (nSPS) is 19.9. The zero-order valence-electron chi connectivity index (χ0n) is 14.4. The Bertz CT molecular complexity index is 832. The van der Waals surface area contributed by atoms with E-state index in [0.29, 0.717) is 19.4 Å². The molecule has 0 saturated carbocycles. The van der Waals surface area contributed by atoms with Gasteiger partial charge in [-0.1, -0.05) is 6.07 Å². The van der Waals surface area contributed by atoms with Crippen LogP contribution in [0.5, 0.6) is 0 Å². The van der Waals surface area contributed by atoms with Crippen LogP contribution in [0, 0.1) is 5.92 Å². The minimum Gasteiger partial charge on any atom is -0.352 e. The van der Waals surface area contributed by atoms with Crippen LogP contribution in [0.15, 0.2) is 29.2 Å². The molecule has 1 N–H and O–H groups in total. The summed E-state index contributed by atoms with van der Waals surface area (Å²) in [7, 11) is -3.58. The second-order valence-corrected chi connectivity index (χ2v) is 10.9. The maximum absolute atomic E-state index is 12.2. The van der Waals surface area contributed by atoms with Crippen LogP contribution in [0.25, 0.3) is 0 Å². The summed E-state index contributed by atoms with van der Waals surface area (Å²) in [4.78, 5) is 12.2. The molecule has 140 valence electrons. The predicted octanol–water partition coefficient (Wildman–Crippen LogP) is 0.882. The number of rotatable bonds is 7. The van der Waals surface area contributed by atoms with Gasteiger partial charge >= 0.3 is 0 Å². The van der Waals surface area contributed by atoms with Crippen LogP contribution in [0.2, 0.25) is 0 Å². The number of carbonyl (C=O) groups is 1. The van der Waals surface area contributed by atoms with Crippen LogP contribution in [0.3, 0.4) is 0 Å². The van der Waals surface area contributed by atoms with E-state index in [2.05, 4.69) is 5.32 Å². The smallest absolute Gasteiger partial charge is 0.251 e. The van der Waals surface area contributed by atoms with Crippen molar-refractivity contribution >= 4 is 25.8 Å². The molecular formula is C16H24N2O5S2. The van der Waals surface area contributed by atoms with E-state index >= 15 is 0 Å². The van der Waals surface area contributed by atoms with Crippen LogP contribution >= 0.6 is 0 Å². The number of hydrogen-bond donors (Lipinski definition) is 1. The molecule has 0 aromatic heterocycles. The van der Waals surface area contributed by atoms with Gasteiger partial charge in [0.15, 0.2) is 9.84 Å². The Morgan fingerprint density at radius 3 is 2.64 bits per heavy atom. The summed E-state index contributed by atoms with van der Waals surface area (Å²) in [5, 5.41) is 2.75. The summed E-state index contributed by atoms with van der Waals surface area (Å²) in [5.74, 6) is 0.341. The maximum Gasteiger partial charge on any atom is 0.251 e. The van der Waals surface area contributed by atoms with E-state index in [4.69, 9.17) is 0 Å². The van der Waals surface area contributed by atoms with Crippen molar-refractivity contribution in [2.24, 2.45) is 5.92 Å². The van der Waals surface area contributed by atoms with Gasteiger partial charge < -0.3 is 5.32 Å². The van der Waals surface area contributed by atoms with Gasteiger partial charge in [0.2, 0.25) is 10.0 Å². The largest absolute Gasteiger partial charge is 0.352 e. The third kappa shape index (κ3) is 5.26. The number of hydrogen-bond acceptors (Lipinski definition) is 5. The van der Waals surface area contributed by atoms with Crippen molar-refractivity contribution in [2.45, 2.75) is 24.2 Å². The first-order chi connectivity index (χ1) is 11.6. The fraction of sp³-hybridized carbons (Fsp3) is 0.562. The van der Waals surface area contributed by atoms with Crippen molar-refractivity contribution in [3.05, 3.63) is 29.8 Å². The van der Waals surface area contributed by atoms with Crippen LogP contribution in [0.1, 0.15) is 29.6 Å². The third-order valence-corrected chi connectivity index (χ3v) is 7.92. The van der Waals surface area contributed by atoms with E-state index in [1.54, 1.807) is 6.07 Å². The predicted molar refractivity (Wildman–Crippen MR) is 95.6 cm³/mol. The first-order valence-corrected chi connectivity index (χ1v) is 11.4. The average Bonchev–Trinajstić information content (AvgIpc) is 2.90. The molecule has 9 heteroatoms. The lowest BCUT2D eigenvalue weighted by Gasteiger charge is -2.12. The summed E-state index contributed by atoms with van der Waals surface area (Å²) in [6, 6.07) is 5.91. The zero-order chi connectivity index (χ0) is 18.7. The van der Waals surface area contributed by atoms with Crippen LogP contribution < -0.4 is 5.32 Å². The highest BCUT2D eigenvalue weighted by molar-refractivity contribution is 7.91. The molecule has 0 bridgehead atoms. The van der Waals surface area contributed by atoms with E-state index in [1.165, 1.54) is 32.3 Å². The average molecular weight is 389 g/mol. The highest BCUT2D eigenvalue weighted by Crippen LogP contribution is 2.22.